The van der Waals surface area contributed by atoms with E-state index in [2.05, 4.69) is 25.8 Å². The normalized spacial score (nSPS) is 18.3. The SMILES string of the molecule is C#CC1=C(C(=O)OC(c2ccccc2)c2ccccc2)N2C(=O)C(NC(=O)C(=NOCC)c3nsc(N)n3)[C@@H]2SC1. The van der Waals surface area contributed by atoms with Gasteiger partial charge in [-0.15, -0.1) is 18.2 Å². The maximum absolute atomic E-state index is 13.7. The number of esters is 1. The van der Waals surface area contributed by atoms with Crippen LogP contribution in [-0.4, -0.2) is 61.5 Å². The summed E-state index contributed by atoms with van der Waals surface area (Å²) in [6.45, 7) is 1.90. The number of nitrogens with zero attached hydrogens (tertiary/aromatic N) is 4. The number of terminal acetylenes is 1. The summed E-state index contributed by atoms with van der Waals surface area (Å²) in [6, 6.07) is 17.6. The molecular weight excluding hydrogens is 564 g/mol. The number of hydrogen-bond donors (Lipinski definition) is 2. The molecule has 2 aliphatic heterocycles. The summed E-state index contributed by atoms with van der Waals surface area (Å²) in [7, 11) is 0. The minimum absolute atomic E-state index is 0.0132. The Bertz CT molecular complexity index is 1530. The molecule has 1 saturated heterocycles. The second kappa shape index (κ2) is 12.2. The number of fused-ring (bicyclic) bond motifs is 1. The number of carbonyl (C=O) groups is 3. The second-order valence-corrected chi connectivity index (χ2v) is 10.6. The minimum atomic E-state index is -0.962. The van der Waals surface area contributed by atoms with Crippen LogP contribution in [0.15, 0.2) is 77.1 Å². The summed E-state index contributed by atoms with van der Waals surface area (Å²) >= 11 is 2.22. The number of aromatic nitrogens is 2. The lowest BCUT2D eigenvalue weighted by atomic mass is 10.0. The zero-order valence-electron chi connectivity index (χ0n) is 21.7. The molecule has 2 aliphatic rings. The summed E-state index contributed by atoms with van der Waals surface area (Å²) in [5.41, 5.74) is 7.27. The fourth-order valence-electron chi connectivity index (χ4n) is 4.32. The first-order valence-electron chi connectivity index (χ1n) is 12.5. The molecule has 208 valence electrons. The van der Waals surface area contributed by atoms with Gasteiger partial charge in [0.1, 0.15) is 23.7 Å². The number of hydrogen-bond acceptors (Lipinski definition) is 11. The van der Waals surface area contributed by atoms with Crippen molar-refractivity contribution in [1.29, 1.82) is 0 Å². The van der Waals surface area contributed by atoms with E-state index in [9.17, 15) is 14.4 Å². The molecule has 3 aromatic rings. The van der Waals surface area contributed by atoms with E-state index in [1.54, 1.807) is 6.92 Å². The van der Waals surface area contributed by atoms with Gasteiger partial charge in [-0.05, 0) is 18.1 Å². The van der Waals surface area contributed by atoms with Crippen molar-refractivity contribution in [3.05, 3.63) is 88.9 Å². The maximum atomic E-state index is 13.7. The third kappa shape index (κ3) is 5.65. The van der Waals surface area contributed by atoms with Crippen LogP contribution in [0.5, 0.6) is 0 Å². The van der Waals surface area contributed by atoms with E-state index in [-0.39, 0.29) is 34.7 Å². The molecule has 1 fully saturated rings. The number of ether oxygens (including phenoxy) is 1. The predicted molar refractivity (Wildman–Crippen MR) is 154 cm³/mol. The van der Waals surface area contributed by atoms with Crippen LogP contribution in [0.3, 0.4) is 0 Å². The number of carbonyl (C=O) groups excluding carboxylic acids is 3. The lowest BCUT2D eigenvalue weighted by Crippen LogP contribution is -2.71. The zero-order chi connectivity index (χ0) is 28.9. The molecular formula is C28H24N6O5S2. The minimum Gasteiger partial charge on any atom is -0.448 e. The molecule has 2 amide bonds. The zero-order valence-corrected chi connectivity index (χ0v) is 23.4. The molecule has 1 unspecified atom stereocenters. The van der Waals surface area contributed by atoms with Crippen LogP contribution in [0.4, 0.5) is 5.13 Å². The molecule has 11 nitrogen and oxygen atoms in total. The van der Waals surface area contributed by atoms with Crippen molar-refractivity contribution in [3.8, 4) is 12.3 Å². The highest BCUT2D eigenvalue weighted by molar-refractivity contribution is 8.00. The lowest BCUT2D eigenvalue weighted by Gasteiger charge is -2.49. The highest BCUT2D eigenvalue weighted by atomic mass is 32.2. The maximum Gasteiger partial charge on any atom is 0.357 e. The number of anilines is 1. The van der Waals surface area contributed by atoms with Gasteiger partial charge in [0.2, 0.25) is 11.5 Å². The van der Waals surface area contributed by atoms with Gasteiger partial charge < -0.3 is 20.6 Å². The lowest BCUT2D eigenvalue weighted by molar-refractivity contribution is -0.154. The van der Waals surface area contributed by atoms with Crippen molar-refractivity contribution in [1.82, 2.24) is 19.6 Å². The topological polar surface area (TPSA) is 149 Å². The fraction of sp³-hybridized carbons (Fsp3) is 0.214. The summed E-state index contributed by atoms with van der Waals surface area (Å²) in [6.07, 6.45) is 5.01. The van der Waals surface area contributed by atoms with Crippen LogP contribution < -0.4 is 11.1 Å². The molecule has 0 spiro atoms. The molecule has 3 heterocycles. The van der Waals surface area contributed by atoms with Crippen molar-refractivity contribution in [3.63, 3.8) is 0 Å². The van der Waals surface area contributed by atoms with E-state index in [0.717, 1.165) is 22.7 Å². The number of nitrogen functional groups attached to an aromatic ring is 1. The first-order valence-corrected chi connectivity index (χ1v) is 14.3. The Hall–Kier alpha value is -4.67. The molecule has 0 radical (unpaired) electrons. The molecule has 41 heavy (non-hydrogen) atoms. The Morgan fingerprint density at radius 3 is 2.41 bits per heavy atom. The van der Waals surface area contributed by atoms with Crippen LogP contribution in [0.25, 0.3) is 0 Å². The molecule has 3 N–H and O–H groups in total. The van der Waals surface area contributed by atoms with Crippen LogP contribution >= 0.6 is 23.3 Å². The summed E-state index contributed by atoms with van der Waals surface area (Å²) < 4.78 is 10.0. The Labute approximate surface area is 244 Å². The Balaban J connectivity index is 1.37. The largest absolute Gasteiger partial charge is 0.448 e. The number of amides is 2. The van der Waals surface area contributed by atoms with Crippen molar-refractivity contribution in [2.45, 2.75) is 24.4 Å². The van der Waals surface area contributed by atoms with Gasteiger partial charge in [0.25, 0.3) is 11.8 Å². The quantitative estimate of drug-likeness (QED) is 0.126. The Morgan fingerprint density at radius 1 is 1.20 bits per heavy atom. The highest BCUT2D eigenvalue weighted by Gasteiger charge is 2.55. The van der Waals surface area contributed by atoms with Gasteiger partial charge in [0, 0.05) is 22.9 Å². The number of rotatable bonds is 9. The number of β-lactam (4-membered cyclic amide) rings is 1. The van der Waals surface area contributed by atoms with Crippen LogP contribution in [0, 0.1) is 12.3 Å². The molecule has 2 atom stereocenters. The van der Waals surface area contributed by atoms with Crippen LogP contribution in [-0.2, 0) is 24.0 Å². The summed E-state index contributed by atoms with van der Waals surface area (Å²) in [5, 5.41) is 6.02. The van der Waals surface area contributed by atoms with E-state index >= 15 is 0 Å². The van der Waals surface area contributed by atoms with Crippen molar-refractivity contribution in [2.75, 3.05) is 18.1 Å². The molecule has 0 bridgehead atoms. The third-order valence-corrected chi connectivity index (χ3v) is 8.03. The van der Waals surface area contributed by atoms with E-state index < -0.39 is 35.3 Å². The van der Waals surface area contributed by atoms with Crippen LogP contribution in [0.2, 0.25) is 0 Å². The second-order valence-electron chi connectivity index (χ2n) is 8.75. The van der Waals surface area contributed by atoms with Gasteiger partial charge in [-0.25, -0.2) is 4.79 Å². The number of oxime groups is 1. The first kappa shape index (κ1) is 27.9. The molecule has 1 aromatic heterocycles. The molecule has 0 aliphatic carbocycles. The van der Waals surface area contributed by atoms with Crippen molar-refractivity contribution in [2.24, 2.45) is 5.16 Å². The Morgan fingerprint density at radius 2 is 1.85 bits per heavy atom. The summed E-state index contributed by atoms with van der Waals surface area (Å²) in [4.78, 5) is 50.5. The van der Waals surface area contributed by atoms with Crippen molar-refractivity contribution >= 4 is 51.9 Å². The van der Waals surface area contributed by atoms with Gasteiger partial charge in [0.05, 0.1) is 0 Å². The molecule has 5 rings (SSSR count). The monoisotopic (exact) mass is 588 g/mol. The number of nitrogens with two attached hydrogens (primary N) is 1. The van der Waals surface area contributed by atoms with Gasteiger partial charge in [-0.1, -0.05) is 71.7 Å². The molecule has 2 aromatic carbocycles. The average molecular weight is 589 g/mol. The smallest absolute Gasteiger partial charge is 0.357 e. The van der Waals surface area contributed by atoms with E-state index in [4.69, 9.17) is 21.7 Å². The predicted octanol–water partition coefficient (Wildman–Crippen LogP) is 2.48. The van der Waals surface area contributed by atoms with E-state index in [0.29, 0.717) is 5.57 Å². The third-order valence-electron chi connectivity index (χ3n) is 6.21. The van der Waals surface area contributed by atoms with E-state index in [1.807, 2.05) is 60.7 Å². The summed E-state index contributed by atoms with van der Waals surface area (Å²) in [5.74, 6) is 0.796. The van der Waals surface area contributed by atoms with Crippen LogP contribution in [0.1, 0.15) is 30.0 Å². The fourth-order valence-corrected chi connectivity index (χ4v) is 6.05. The standard InChI is InChI=1S/C28H24N6O5S2/c1-3-16-15-40-26-20(30-24(35)19(32-38-4-2)23-31-28(29)41-33-23)25(36)34(26)21(16)27(37)39-22(17-11-7-5-8-12-17)18-13-9-6-10-14-18/h1,5-14,20,22,26H,4,15H2,2H3,(H,30,35)(H2,29,31,33)/t20?,26-/m0/s1. The molecule has 13 heteroatoms. The Kier molecular flexibility index (Phi) is 8.32. The number of nitrogens with one attached hydrogen (secondary N) is 1. The van der Waals surface area contributed by atoms with Gasteiger partial charge >= 0.3 is 5.97 Å². The van der Waals surface area contributed by atoms with Crippen molar-refractivity contribution < 1.29 is 24.0 Å². The van der Waals surface area contributed by atoms with E-state index in [1.165, 1.54) is 16.7 Å². The van der Waals surface area contributed by atoms with Gasteiger partial charge in [-0.3, -0.25) is 14.5 Å². The number of thioether (sulfide) groups is 1. The van der Waals surface area contributed by atoms with Gasteiger partial charge in [-0.2, -0.15) is 9.36 Å². The first-order chi connectivity index (χ1) is 19.9. The average Bonchev–Trinajstić information content (AvgIpc) is 3.44. The molecule has 0 saturated carbocycles. The highest BCUT2D eigenvalue weighted by Crippen LogP contribution is 2.41. The van der Waals surface area contributed by atoms with Gasteiger partial charge in [0.15, 0.2) is 11.2 Å². The number of benzene rings is 2.